The molecule has 0 aliphatic heterocycles. The number of aliphatic imine (C=N–C) groups is 1. The van der Waals surface area contributed by atoms with Crippen LogP contribution in [0, 0.1) is 5.82 Å². The van der Waals surface area contributed by atoms with Gasteiger partial charge >= 0.3 is 0 Å². The van der Waals surface area contributed by atoms with Crippen LogP contribution in [-0.4, -0.2) is 33.8 Å². The monoisotopic (exact) mass is 392 g/mol. The zero-order chi connectivity index (χ0) is 20.1. The molecule has 1 aliphatic carbocycles. The van der Waals surface area contributed by atoms with Gasteiger partial charge in [-0.1, -0.05) is 12.1 Å². The van der Waals surface area contributed by atoms with Crippen LogP contribution in [0.1, 0.15) is 30.9 Å². The van der Waals surface area contributed by atoms with E-state index < -0.39 is 0 Å². The minimum atomic E-state index is -0.181. The van der Waals surface area contributed by atoms with Crippen molar-refractivity contribution in [3.8, 4) is 5.82 Å². The lowest BCUT2D eigenvalue weighted by Crippen LogP contribution is -2.41. The molecule has 29 heavy (non-hydrogen) atoms. The molecule has 150 valence electrons. The molecule has 1 fully saturated rings. The molecule has 6 nitrogen and oxygen atoms in total. The van der Waals surface area contributed by atoms with Crippen LogP contribution in [0.3, 0.4) is 0 Å². The first-order chi connectivity index (χ1) is 14.2. The number of nitrogens with zero attached hydrogens (tertiary/aromatic N) is 4. The summed E-state index contributed by atoms with van der Waals surface area (Å²) in [5, 5.41) is 10.9. The van der Waals surface area contributed by atoms with Gasteiger partial charge in [0, 0.05) is 37.1 Å². The van der Waals surface area contributed by atoms with Crippen molar-refractivity contribution in [2.45, 2.75) is 31.7 Å². The Bertz CT molecular complexity index is 978. The molecule has 0 unspecified atom stereocenters. The second-order valence-corrected chi connectivity index (χ2v) is 7.31. The van der Waals surface area contributed by atoms with Gasteiger partial charge in [-0.2, -0.15) is 5.10 Å². The minimum absolute atomic E-state index is 0.00220. The number of benzene rings is 1. The van der Waals surface area contributed by atoms with E-state index in [1.54, 1.807) is 29.2 Å². The first-order valence-electron chi connectivity index (χ1n) is 9.92. The molecule has 2 aromatic heterocycles. The number of halogens is 1. The summed E-state index contributed by atoms with van der Waals surface area (Å²) in [6.07, 6.45) is 7.47. The second-order valence-electron chi connectivity index (χ2n) is 7.31. The molecule has 0 saturated heterocycles. The van der Waals surface area contributed by atoms with Gasteiger partial charge in [0.2, 0.25) is 0 Å². The van der Waals surface area contributed by atoms with Gasteiger partial charge in [-0.15, -0.1) is 0 Å². The maximum Gasteiger partial charge on any atom is 0.191 e. The van der Waals surface area contributed by atoms with Crippen molar-refractivity contribution in [1.82, 2.24) is 25.4 Å². The van der Waals surface area contributed by atoms with Crippen LogP contribution in [0.15, 0.2) is 66.0 Å². The summed E-state index contributed by atoms with van der Waals surface area (Å²) < 4.78 is 15.3. The Morgan fingerprint density at radius 2 is 2.07 bits per heavy atom. The molecule has 3 aromatic rings. The van der Waals surface area contributed by atoms with Gasteiger partial charge in [-0.25, -0.2) is 19.0 Å². The third-order valence-electron chi connectivity index (χ3n) is 5.20. The molecule has 4 rings (SSSR count). The number of hydrogen-bond donors (Lipinski definition) is 2. The lowest BCUT2D eigenvalue weighted by Gasteiger charge is -2.19. The maximum atomic E-state index is 13.6. The first kappa shape index (κ1) is 19.1. The third kappa shape index (κ3) is 4.62. The van der Waals surface area contributed by atoms with E-state index in [2.05, 4.69) is 20.7 Å². The van der Waals surface area contributed by atoms with Crippen LogP contribution in [0.2, 0.25) is 0 Å². The summed E-state index contributed by atoms with van der Waals surface area (Å²) in [7, 11) is 0. The summed E-state index contributed by atoms with van der Waals surface area (Å²) in [4.78, 5) is 9.06. The minimum Gasteiger partial charge on any atom is -0.357 e. The first-order valence-corrected chi connectivity index (χ1v) is 9.92. The Morgan fingerprint density at radius 1 is 1.17 bits per heavy atom. The van der Waals surface area contributed by atoms with Gasteiger partial charge < -0.3 is 10.6 Å². The van der Waals surface area contributed by atoms with E-state index in [1.807, 2.05) is 37.4 Å². The zero-order valence-electron chi connectivity index (χ0n) is 16.5. The van der Waals surface area contributed by atoms with Crippen molar-refractivity contribution >= 4 is 5.96 Å². The Balaban J connectivity index is 1.43. The van der Waals surface area contributed by atoms with Crippen LogP contribution in [0.4, 0.5) is 4.39 Å². The van der Waals surface area contributed by atoms with Crippen LogP contribution in [0.25, 0.3) is 5.82 Å². The van der Waals surface area contributed by atoms with Gasteiger partial charge in [0.1, 0.15) is 5.82 Å². The van der Waals surface area contributed by atoms with E-state index >= 15 is 0 Å². The molecule has 2 N–H and O–H groups in total. The molecule has 0 atom stereocenters. The van der Waals surface area contributed by atoms with Crippen molar-refractivity contribution in [1.29, 1.82) is 0 Å². The molecular formula is C22H25FN6. The van der Waals surface area contributed by atoms with Crippen molar-refractivity contribution in [2.24, 2.45) is 4.99 Å². The zero-order valence-corrected chi connectivity index (χ0v) is 16.5. The van der Waals surface area contributed by atoms with E-state index in [0.717, 1.165) is 48.8 Å². The summed E-state index contributed by atoms with van der Waals surface area (Å²) in [5.41, 5.74) is 2.11. The predicted octanol–water partition coefficient (Wildman–Crippen LogP) is 3.19. The molecule has 0 radical (unpaired) electrons. The van der Waals surface area contributed by atoms with Crippen molar-refractivity contribution in [3.63, 3.8) is 0 Å². The molecule has 1 aromatic carbocycles. The normalized spacial score (nSPS) is 15.2. The summed E-state index contributed by atoms with van der Waals surface area (Å²) >= 11 is 0. The lowest BCUT2D eigenvalue weighted by molar-refractivity contribution is 0.607. The Kier molecular flexibility index (Phi) is 5.55. The number of guanidine groups is 1. The topological polar surface area (TPSA) is 67.1 Å². The highest BCUT2D eigenvalue weighted by Gasteiger charge is 2.44. The van der Waals surface area contributed by atoms with E-state index in [0.29, 0.717) is 6.54 Å². The summed E-state index contributed by atoms with van der Waals surface area (Å²) in [6, 6.07) is 12.7. The maximum absolute atomic E-state index is 13.6. The molecule has 7 heteroatoms. The highest BCUT2D eigenvalue weighted by Crippen LogP contribution is 2.47. The quantitative estimate of drug-likeness (QED) is 0.479. The highest BCUT2D eigenvalue weighted by atomic mass is 19.1. The number of nitrogens with one attached hydrogen (secondary N) is 2. The van der Waals surface area contributed by atoms with Gasteiger partial charge in [0.25, 0.3) is 0 Å². The molecule has 1 aliphatic rings. The largest absolute Gasteiger partial charge is 0.357 e. The average Bonchev–Trinajstić information content (AvgIpc) is 3.33. The molecular weight excluding hydrogens is 367 g/mol. The van der Waals surface area contributed by atoms with Crippen molar-refractivity contribution in [3.05, 3.63) is 78.0 Å². The molecule has 0 amide bonds. The fraction of sp³-hybridized carbons (Fsp3) is 0.318. The van der Waals surface area contributed by atoms with Crippen LogP contribution >= 0.6 is 0 Å². The number of hydrogen-bond acceptors (Lipinski definition) is 3. The molecule has 0 bridgehead atoms. The summed E-state index contributed by atoms with van der Waals surface area (Å²) in [6.45, 7) is 4.07. The molecule has 1 saturated carbocycles. The van der Waals surface area contributed by atoms with Crippen molar-refractivity contribution < 1.29 is 4.39 Å². The number of aromatic nitrogens is 3. The Labute approximate surface area is 169 Å². The molecule has 0 spiro atoms. The lowest BCUT2D eigenvalue weighted by atomic mass is 9.96. The average molecular weight is 392 g/mol. The smallest absolute Gasteiger partial charge is 0.191 e. The molecule has 2 heterocycles. The van der Waals surface area contributed by atoms with E-state index in [1.165, 1.54) is 6.07 Å². The SMILES string of the molecule is CCNC(=NCc1ccnc(-n2cccn2)c1)NCC1(c2cccc(F)c2)CC1. The van der Waals surface area contributed by atoms with E-state index in [-0.39, 0.29) is 11.2 Å². The fourth-order valence-electron chi connectivity index (χ4n) is 3.39. The number of rotatable bonds is 7. The summed E-state index contributed by atoms with van der Waals surface area (Å²) in [5.74, 6) is 1.34. The second kappa shape index (κ2) is 8.43. The van der Waals surface area contributed by atoms with Crippen molar-refractivity contribution in [2.75, 3.05) is 13.1 Å². The van der Waals surface area contributed by atoms with Gasteiger partial charge in [-0.05, 0) is 61.2 Å². The van der Waals surface area contributed by atoms with Gasteiger partial charge in [0.15, 0.2) is 11.8 Å². The number of pyridine rings is 1. The van der Waals surface area contributed by atoms with E-state index in [4.69, 9.17) is 4.99 Å². The van der Waals surface area contributed by atoms with Gasteiger partial charge in [0.05, 0.1) is 6.54 Å². The standard InChI is InChI=1S/C22H25FN6/c1-2-24-21(27-16-22(8-9-22)18-5-3-6-19(23)14-18)26-15-17-7-11-25-20(13-17)29-12-4-10-28-29/h3-7,10-14H,2,8-9,15-16H2,1H3,(H2,24,26,27). The fourth-order valence-corrected chi connectivity index (χ4v) is 3.39. The Hall–Kier alpha value is -3.22. The van der Waals surface area contributed by atoms with Crippen LogP contribution in [-0.2, 0) is 12.0 Å². The van der Waals surface area contributed by atoms with Crippen LogP contribution < -0.4 is 10.6 Å². The third-order valence-corrected chi connectivity index (χ3v) is 5.20. The van der Waals surface area contributed by atoms with Gasteiger partial charge in [-0.3, -0.25) is 0 Å². The highest BCUT2D eigenvalue weighted by molar-refractivity contribution is 5.80. The van der Waals surface area contributed by atoms with Crippen LogP contribution in [0.5, 0.6) is 0 Å². The van der Waals surface area contributed by atoms with E-state index in [9.17, 15) is 4.39 Å². The predicted molar refractivity (Wildman–Crippen MR) is 111 cm³/mol. The Morgan fingerprint density at radius 3 is 2.79 bits per heavy atom.